The highest BCUT2D eigenvalue weighted by molar-refractivity contribution is 7.17. The van der Waals surface area contributed by atoms with Gasteiger partial charge in [0, 0.05) is 41.8 Å². The smallest absolute Gasteiger partial charge is 0.277 e. The molecule has 3 heterocycles. The number of carbonyl (C=O) groups is 2. The molecule has 1 aliphatic rings. The molecule has 3 N–H and O–H groups in total. The number of nitrogens with zero attached hydrogens (tertiary/aromatic N) is 3. The minimum Gasteiger partial charge on any atom is -0.380 e. The van der Waals surface area contributed by atoms with Gasteiger partial charge in [-0.15, -0.1) is 11.3 Å². The molecule has 168 valence electrons. The third kappa shape index (κ3) is 4.48. The van der Waals surface area contributed by atoms with E-state index in [0.717, 1.165) is 12.8 Å². The molecule has 0 saturated heterocycles. The number of amides is 2. The van der Waals surface area contributed by atoms with E-state index in [2.05, 4.69) is 20.7 Å². The maximum atomic E-state index is 13.1. The van der Waals surface area contributed by atoms with Crippen LogP contribution < -0.4 is 21.5 Å². The van der Waals surface area contributed by atoms with Crippen LogP contribution in [0.2, 0.25) is 0 Å². The number of pyridine rings is 1. The van der Waals surface area contributed by atoms with Gasteiger partial charge in [0.05, 0.1) is 45.9 Å². The highest BCUT2D eigenvalue weighted by Crippen LogP contribution is 2.33. The molecule has 1 saturated carbocycles. The second-order valence-corrected chi connectivity index (χ2v) is 8.44. The first-order chi connectivity index (χ1) is 16.6. The number of aromatic nitrogens is 3. The van der Waals surface area contributed by atoms with Crippen LogP contribution in [0.3, 0.4) is 0 Å². The highest BCUT2D eigenvalue weighted by Gasteiger charge is 2.30. The summed E-state index contributed by atoms with van der Waals surface area (Å²) in [6, 6.07) is 1.44. The monoisotopic (exact) mass is 459 g/mol. The third-order valence-electron chi connectivity index (χ3n) is 5.15. The number of hydrogen-bond acceptors (Lipinski definition) is 8. The number of ether oxygens (including phenoxy) is 1. The molecule has 3 aromatic rings. The van der Waals surface area contributed by atoms with Gasteiger partial charge in [-0.3, -0.25) is 14.4 Å². The fourth-order valence-corrected chi connectivity index (χ4v) is 3.97. The maximum absolute atomic E-state index is 13.1. The van der Waals surface area contributed by atoms with E-state index in [0.29, 0.717) is 15.8 Å². The van der Waals surface area contributed by atoms with Gasteiger partial charge in [-0.25, -0.2) is 9.67 Å². The molecule has 3 aromatic heterocycles. The molecular weight excluding hydrogens is 432 g/mol. The molecule has 1 fully saturated rings. The van der Waals surface area contributed by atoms with Gasteiger partial charge in [-0.1, -0.05) is 0 Å². The average Bonchev–Trinajstić information content (AvgIpc) is 3.56. The SMILES string of the molecule is [2H]C([2H])([2H])NC(=O)c1cnc(NC(=O)C2CC2)cc1Nc1csc2cnn(CC(C)OC)c(=O)c12. The van der Waals surface area contributed by atoms with Crippen molar-refractivity contribution in [1.29, 1.82) is 0 Å². The zero-order valence-corrected chi connectivity index (χ0v) is 18.3. The van der Waals surface area contributed by atoms with E-state index in [-0.39, 0.29) is 47.1 Å². The summed E-state index contributed by atoms with van der Waals surface area (Å²) >= 11 is 1.29. The van der Waals surface area contributed by atoms with Gasteiger partial charge < -0.3 is 20.7 Å². The molecule has 0 aliphatic heterocycles. The van der Waals surface area contributed by atoms with Gasteiger partial charge in [0.25, 0.3) is 11.5 Å². The van der Waals surface area contributed by atoms with Crippen LogP contribution in [0.1, 0.15) is 34.2 Å². The zero-order valence-electron chi connectivity index (χ0n) is 20.5. The highest BCUT2D eigenvalue weighted by atomic mass is 32.1. The van der Waals surface area contributed by atoms with Gasteiger partial charge in [0.15, 0.2) is 0 Å². The number of carbonyl (C=O) groups excluding carboxylic acids is 2. The fourth-order valence-electron chi connectivity index (χ4n) is 3.13. The van der Waals surface area contributed by atoms with Crippen LogP contribution in [0.5, 0.6) is 0 Å². The third-order valence-corrected chi connectivity index (χ3v) is 6.06. The van der Waals surface area contributed by atoms with Crippen molar-refractivity contribution < 1.29 is 18.4 Å². The van der Waals surface area contributed by atoms with E-state index in [9.17, 15) is 14.4 Å². The summed E-state index contributed by atoms with van der Waals surface area (Å²) < 4.78 is 29.2. The van der Waals surface area contributed by atoms with Crippen LogP contribution >= 0.6 is 11.3 Å². The van der Waals surface area contributed by atoms with Crippen LogP contribution in [-0.2, 0) is 16.1 Å². The van der Waals surface area contributed by atoms with E-state index < -0.39 is 12.9 Å². The molecule has 1 atom stereocenters. The van der Waals surface area contributed by atoms with Crippen LogP contribution in [0.25, 0.3) is 10.1 Å². The molecule has 0 spiro atoms. The standard InChI is InChI=1S/C21H24N6O4S/c1-11(31-3)9-27-21(30)18-15(10-32-16(18)8-24-27)25-14-6-17(26-19(28)12-4-5-12)23-7-13(14)20(29)22-2/h6-8,10-12H,4-5,9H2,1-3H3,(H,22,29)(H2,23,25,26,28)/i2D3. The van der Waals surface area contributed by atoms with Crippen molar-refractivity contribution in [3.05, 3.63) is 39.8 Å². The molecule has 10 nitrogen and oxygen atoms in total. The lowest BCUT2D eigenvalue weighted by Crippen LogP contribution is -2.28. The summed E-state index contributed by atoms with van der Waals surface area (Å²) in [6.45, 7) is -0.644. The van der Waals surface area contributed by atoms with Gasteiger partial charge in [0.1, 0.15) is 5.82 Å². The number of rotatable bonds is 8. The number of anilines is 3. The molecular formula is C21H24N6O4S. The summed E-state index contributed by atoms with van der Waals surface area (Å²) in [5, 5.41) is 13.9. The molecule has 1 unspecified atom stereocenters. The Morgan fingerprint density at radius 3 is 2.91 bits per heavy atom. The van der Waals surface area contributed by atoms with E-state index in [4.69, 9.17) is 8.85 Å². The first-order valence-electron chi connectivity index (χ1n) is 11.5. The second kappa shape index (κ2) is 9.05. The van der Waals surface area contributed by atoms with Crippen molar-refractivity contribution in [1.82, 2.24) is 20.1 Å². The molecule has 32 heavy (non-hydrogen) atoms. The van der Waals surface area contributed by atoms with Crippen LogP contribution in [0.15, 0.2) is 28.6 Å². The Bertz CT molecular complexity index is 1330. The Hall–Kier alpha value is -3.31. The van der Waals surface area contributed by atoms with Crippen molar-refractivity contribution in [3.8, 4) is 0 Å². The number of fused-ring (bicyclic) bond motifs is 1. The summed E-state index contributed by atoms with van der Waals surface area (Å²) in [5.41, 5.74) is 0.178. The lowest BCUT2D eigenvalue weighted by molar-refractivity contribution is -0.117. The molecule has 2 amide bonds. The van der Waals surface area contributed by atoms with Crippen molar-refractivity contribution in [3.63, 3.8) is 0 Å². The number of nitrogens with one attached hydrogen (secondary N) is 3. The molecule has 0 radical (unpaired) electrons. The molecule has 11 heteroatoms. The lowest BCUT2D eigenvalue weighted by atomic mass is 10.2. The number of hydrogen-bond donors (Lipinski definition) is 3. The minimum atomic E-state index is -2.71. The predicted molar refractivity (Wildman–Crippen MR) is 123 cm³/mol. The summed E-state index contributed by atoms with van der Waals surface area (Å²) in [7, 11) is 1.54. The lowest BCUT2D eigenvalue weighted by Gasteiger charge is -2.13. The Balaban J connectivity index is 1.72. The van der Waals surface area contributed by atoms with Gasteiger partial charge in [0.2, 0.25) is 5.91 Å². The summed E-state index contributed by atoms with van der Waals surface area (Å²) in [5.74, 6) is -0.923. The average molecular weight is 460 g/mol. The summed E-state index contributed by atoms with van der Waals surface area (Å²) in [6.07, 6.45) is 4.13. The first-order valence-corrected chi connectivity index (χ1v) is 10.8. The van der Waals surface area contributed by atoms with Gasteiger partial charge in [-0.05, 0) is 19.8 Å². The van der Waals surface area contributed by atoms with E-state index in [1.165, 1.54) is 28.3 Å². The summed E-state index contributed by atoms with van der Waals surface area (Å²) in [4.78, 5) is 42.1. The van der Waals surface area contributed by atoms with Crippen LogP contribution in [0, 0.1) is 5.92 Å². The van der Waals surface area contributed by atoms with E-state index in [1.807, 2.05) is 12.2 Å². The van der Waals surface area contributed by atoms with Crippen molar-refractivity contribution in [2.24, 2.45) is 5.92 Å². The molecule has 0 bridgehead atoms. The number of methoxy groups -OCH3 is 1. The topological polar surface area (TPSA) is 127 Å². The second-order valence-electron chi connectivity index (χ2n) is 7.52. The van der Waals surface area contributed by atoms with E-state index >= 15 is 0 Å². The Labute approximate surface area is 192 Å². The molecule has 0 aromatic carbocycles. The quantitative estimate of drug-likeness (QED) is 0.472. The minimum absolute atomic E-state index is 0.0620. The van der Waals surface area contributed by atoms with Crippen molar-refractivity contribution >= 4 is 50.4 Å². The molecule has 1 aliphatic carbocycles. The first kappa shape index (κ1) is 18.3. The van der Waals surface area contributed by atoms with Crippen molar-refractivity contribution in [2.45, 2.75) is 32.4 Å². The van der Waals surface area contributed by atoms with Gasteiger partial charge >= 0.3 is 0 Å². The largest absolute Gasteiger partial charge is 0.380 e. The Morgan fingerprint density at radius 1 is 1.38 bits per heavy atom. The molecule has 4 rings (SSSR count). The maximum Gasteiger partial charge on any atom is 0.277 e. The predicted octanol–water partition coefficient (Wildman–Crippen LogP) is 2.34. The van der Waals surface area contributed by atoms with Gasteiger partial charge in [-0.2, -0.15) is 5.10 Å². The van der Waals surface area contributed by atoms with Crippen molar-refractivity contribution in [2.75, 3.05) is 24.7 Å². The fraction of sp³-hybridized carbons (Fsp3) is 0.381. The Morgan fingerprint density at radius 2 is 2.19 bits per heavy atom. The van der Waals surface area contributed by atoms with E-state index in [1.54, 1.807) is 18.7 Å². The van der Waals surface area contributed by atoms with Crippen LogP contribution in [-0.4, -0.2) is 46.8 Å². The zero-order chi connectivity index (χ0) is 25.3. The Kier molecular flexibility index (Phi) is 5.17. The van der Waals surface area contributed by atoms with Crippen LogP contribution in [0.4, 0.5) is 17.2 Å². The normalized spacial score (nSPS) is 16.0. The number of thiophene rings is 1.